The molecule has 2 saturated carbocycles. The van der Waals surface area contributed by atoms with Crippen molar-refractivity contribution < 1.29 is 9.47 Å². The fourth-order valence-electron chi connectivity index (χ4n) is 6.48. The van der Waals surface area contributed by atoms with Crippen molar-refractivity contribution in [3.05, 3.63) is 0 Å². The molecule has 3 nitrogen and oxygen atoms in total. The van der Waals surface area contributed by atoms with E-state index in [4.69, 9.17) is 9.47 Å². The monoisotopic (exact) mass is 339 g/mol. The van der Waals surface area contributed by atoms with Crippen molar-refractivity contribution in [1.82, 2.24) is 5.32 Å². The minimum absolute atomic E-state index is 0.0207. The van der Waals surface area contributed by atoms with Gasteiger partial charge in [0, 0.05) is 17.7 Å². The van der Waals surface area contributed by atoms with Gasteiger partial charge in [0.05, 0.1) is 5.60 Å². The molecule has 1 N–H and O–H groups in total. The summed E-state index contributed by atoms with van der Waals surface area (Å²) in [5, 5.41) is 3.58. The summed E-state index contributed by atoms with van der Waals surface area (Å²) in [5.41, 5.74) is 0.646. The summed E-state index contributed by atoms with van der Waals surface area (Å²) in [6.07, 6.45) is 9.16. The molecule has 7 atom stereocenters. The summed E-state index contributed by atoms with van der Waals surface area (Å²) in [5.74, 6) is 2.13. The summed E-state index contributed by atoms with van der Waals surface area (Å²) in [7, 11) is 0. The molecule has 3 unspecified atom stereocenters. The number of nitrogens with one attached hydrogen (secondary N) is 1. The highest BCUT2D eigenvalue weighted by molar-refractivity contribution is 7.80. The molecule has 2 aliphatic carbocycles. The molecule has 5 aliphatic rings. The van der Waals surface area contributed by atoms with E-state index in [2.05, 4.69) is 38.7 Å². The van der Waals surface area contributed by atoms with E-state index in [1.807, 2.05) is 0 Å². The van der Waals surface area contributed by atoms with Crippen molar-refractivity contribution >= 4 is 12.6 Å². The molecule has 5 fully saturated rings. The zero-order chi connectivity index (χ0) is 16.3. The first-order valence-corrected chi connectivity index (χ1v) is 10.2. The molecule has 5 rings (SSSR count). The van der Waals surface area contributed by atoms with E-state index in [9.17, 15) is 0 Å². The number of ether oxygens (including phenoxy) is 2. The molecule has 3 saturated heterocycles. The van der Waals surface area contributed by atoms with Crippen LogP contribution in [-0.2, 0) is 9.47 Å². The topological polar surface area (TPSA) is 30.5 Å². The van der Waals surface area contributed by atoms with E-state index < -0.39 is 0 Å². The normalized spacial score (nSPS) is 55.3. The third-order valence-electron chi connectivity index (χ3n) is 7.95. The molecule has 0 amide bonds. The number of rotatable bonds is 3. The minimum Gasteiger partial charge on any atom is -0.346 e. The van der Waals surface area contributed by atoms with Crippen molar-refractivity contribution in [2.24, 2.45) is 22.7 Å². The van der Waals surface area contributed by atoms with Gasteiger partial charge in [0.1, 0.15) is 6.23 Å². The first-order chi connectivity index (χ1) is 10.9. The highest BCUT2D eigenvalue weighted by atomic mass is 32.1. The van der Waals surface area contributed by atoms with Crippen molar-refractivity contribution in [2.45, 2.75) is 83.8 Å². The summed E-state index contributed by atoms with van der Waals surface area (Å²) < 4.78 is 13.3. The molecule has 3 aliphatic heterocycles. The van der Waals surface area contributed by atoms with Gasteiger partial charge in [-0.15, -0.1) is 0 Å². The maximum absolute atomic E-state index is 6.67. The van der Waals surface area contributed by atoms with Crippen LogP contribution in [0.3, 0.4) is 0 Å². The molecule has 2 bridgehead atoms. The highest BCUT2D eigenvalue weighted by Crippen LogP contribution is 2.69. The van der Waals surface area contributed by atoms with Crippen LogP contribution in [0, 0.1) is 22.7 Å². The predicted molar refractivity (Wildman–Crippen MR) is 95.5 cm³/mol. The molecule has 1 spiro atoms. The lowest BCUT2D eigenvalue weighted by Gasteiger charge is -2.65. The lowest BCUT2D eigenvalue weighted by Crippen LogP contribution is -2.67. The van der Waals surface area contributed by atoms with Gasteiger partial charge in [-0.05, 0) is 62.7 Å². The van der Waals surface area contributed by atoms with Crippen LogP contribution in [0.25, 0.3) is 0 Å². The maximum atomic E-state index is 6.67. The van der Waals surface area contributed by atoms with Crippen molar-refractivity contribution in [2.75, 3.05) is 12.3 Å². The van der Waals surface area contributed by atoms with Gasteiger partial charge in [-0.1, -0.05) is 20.3 Å². The van der Waals surface area contributed by atoms with Crippen LogP contribution in [0.1, 0.15) is 65.7 Å². The average Bonchev–Trinajstić information content (AvgIpc) is 2.71. The second kappa shape index (κ2) is 5.62. The Balaban J connectivity index is 1.73. The van der Waals surface area contributed by atoms with E-state index in [1.165, 1.54) is 44.9 Å². The van der Waals surface area contributed by atoms with Gasteiger partial charge in [-0.25, -0.2) is 0 Å². The van der Waals surface area contributed by atoms with Gasteiger partial charge in [0.25, 0.3) is 0 Å². The molecule has 4 heteroatoms. The van der Waals surface area contributed by atoms with Gasteiger partial charge in [0.15, 0.2) is 6.29 Å². The number of fused-ring (bicyclic) bond motifs is 2. The zero-order valence-electron chi connectivity index (χ0n) is 14.9. The first-order valence-electron chi connectivity index (χ1n) is 9.62. The van der Waals surface area contributed by atoms with Gasteiger partial charge >= 0.3 is 0 Å². The van der Waals surface area contributed by atoms with Crippen molar-refractivity contribution in [3.63, 3.8) is 0 Å². The third-order valence-corrected chi connectivity index (χ3v) is 8.18. The Morgan fingerprint density at radius 3 is 2.70 bits per heavy atom. The fourth-order valence-corrected chi connectivity index (χ4v) is 6.61. The molecule has 3 heterocycles. The van der Waals surface area contributed by atoms with Crippen LogP contribution in [0.4, 0.5) is 0 Å². The second-order valence-electron chi connectivity index (χ2n) is 9.09. The Morgan fingerprint density at radius 2 is 1.91 bits per heavy atom. The lowest BCUT2D eigenvalue weighted by molar-refractivity contribution is -0.368. The maximum Gasteiger partial charge on any atom is 0.166 e. The van der Waals surface area contributed by atoms with Crippen LogP contribution in [-0.4, -0.2) is 30.4 Å². The van der Waals surface area contributed by atoms with E-state index in [0.29, 0.717) is 11.3 Å². The summed E-state index contributed by atoms with van der Waals surface area (Å²) in [6.45, 7) is 8.16. The lowest BCUT2D eigenvalue weighted by atomic mass is 9.46. The van der Waals surface area contributed by atoms with Crippen LogP contribution < -0.4 is 5.32 Å². The molecule has 0 aromatic heterocycles. The standard InChI is InChI=1S/C19H33NO2S/c1-13-14-5-4-6-17(2)7-8-18(3)9-10-19(14,17)16(22-18)21-15(13)20-11-12-23/h13-16,20,23H,4-12H2,1-3H3/t13-,14?,15?,16-,17-,18?,19+/m1/s1. The number of hydrogen-bond acceptors (Lipinski definition) is 4. The van der Waals surface area contributed by atoms with Crippen LogP contribution >= 0.6 is 12.6 Å². The molecular weight excluding hydrogens is 306 g/mol. The Labute approximate surface area is 146 Å². The van der Waals surface area contributed by atoms with Gasteiger partial charge in [-0.3, -0.25) is 5.32 Å². The van der Waals surface area contributed by atoms with Crippen LogP contribution in [0.15, 0.2) is 0 Å². The Morgan fingerprint density at radius 1 is 1.13 bits per heavy atom. The SMILES string of the molecule is C[C@H]1C(NCCS)O[C@@H]2OC3(C)CC[C@@]4(C)CCCC1[C@@]24CC3. The summed E-state index contributed by atoms with van der Waals surface area (Å²) in [6, 6.07) is 0. The van der Waals surface area contributed by atoms with E-state index in [-0.39, 0.29) is 23.5 Å². The zero-order valence-corrected chi connectivity index (χ0v) is 15.8. The van der Waals surface area contributed by atoms with Crippen molar-refractivity contribution in [1.29, 1.82) is 0 Å². The molecule has 0 radical (unpaired) electrons. The smallest absolute Gasteiger partial charge is 0.166 e. The van der Waals surface area contributed by atoms with Crippen molar-refractivity contribution in [3.8, 4) is 0 Å². The number of thiol groups is 1. The average molecular weight is 340 g/mol. The second-order valence-corrected chi connectivity index (χ2v) is 9.54. The Kier molecular flexibility index (Phi) is 4.08. The quantitative estimate of drug-likeness (QED) is 0.763. The fraction of sp³-hybridized carbons (Fsp3) is 1.00. The summed E-state index contributed by atoms with van der Waals surface area (Å²) >= 11 is 4.35. The molecular formula is C19H33NO2S. The van der Waals surface area contributed by atoms with E-state index in [0.717, 1.165) is 18.2 Å². The Bertz CT molecular complexity index is 474. The minimum atomic E-state index is -0.0207. The first kappa shape index (κ1) is 16.7. The Hall–Kier alpha value is 0.230. The highest BCUT2D eigenvalue weighted by Gasteiger charge is 2.68. The van der Waals surface area contributed by atoms with Gasteiger partial charge in [-0.2, -0.15) is 12.6 Å². The van der Waals surface area contributed by atoms with Crippen LogP contribution in [0.2, 0.25) is 0 Å². The van der Waals surface area contributed by atoms with Gasteiger partial charge < -0.3 is 9.47 Å². The molecule has 23 heavy (non-hydrogen) atoms. The van der Waals surface area contributed by atoms with E-state index in [1.54, 1.807) is 0 Å². The third kappa shape index (κ3) is 2.28. The number of hydrogen-bond donors (Lipinski definition) is 2. The predicted octanol–water partition coefficient (Wildman–Crippen LogP) is 3.98. The summed E-state index contributed by atoms with van der Waals surface area (Å²) in [4.78, 5) is 0. The largest absolute Gasteiger partial charge is 0.346 e. The molecule has 0 aromatic rings. The van der Waals surface area contributed by atoms with E-state index >= 15 is 0 Å². The van der Waals surface area contributed by atoms with Crippen LogP contribution in [0.5, 0.6) is 0 Å². The van der Waals surface area contributed by atoms with Gasteiger partial charge in [0.2, 0.25) is 0 Å². The molecule has 132 valence electrons. The molecule has 0 aromatic carbocycles.